The first kappa shape index (κ1) is 19.4. The number of carbonyl (C=O) groups excluding carboxylic acids is 1. The molecule has 152 valence electrons. The number of hydrogen-bond donors (Lipinski definition) is 0. The number of fused-ring (bicyclic) bond motifs is 1. The van der Waals surface area contributed by atoms with Crippen molar-refractivity contribution in [1.29, 1.82) is 0 Å². The molecule has 9 heteroatoms. The van der Waals surface area contributed by atoms with E-state index in [1.165, 1.54) is 28.8 Å². The lowest BCUT2D eigenvalue weighted by Gasteiger charge is -2.10. The van der Waals surface area contributed by atoms with Gasteiger partial charge < -0.3 is 9.47 Å². The normalized spacial score (nSPS) is 11.1. The fourth-order valence-electron chi connectivity index (χ4n) is 2.84. The third kappa shape index (κ3) is 3.82. The highest BCUT2D eigenvalue weighted by Crippen LogP contribution is 2.30. The Morgan fingerprint density at radius 3 is 2.60 bits per heavy atom. The van der Waals surface area contributed by atoms with Crippen LogP contribution in [0, 0.1) is 0 Å². The van der Waals surface area contributed by atoms with Gasteiger partial charge in [-0.05, 0) is 37.3 Å². The predicted octanol–water partition coefficient (Wildman–Crippen LogP) is 4.70. The fourth-order valence-corrected chi connectivity index (χ4v) is 2.84. The molecular weight excluding hydrogens is 394 g/mol. The summed E-state index contributed by atoms with van der Waals surface area (Å²) in [7, 11) is 0. The number of ether oxygens (including phenoxy) is 2. The molecule has 0 bridgehead atoms. The lowest BCUT2D eigenvalue weighted by atomic mass is 10.2. The highest BCUT2D eigenvalue weighted by molar-refractivity contribution is 5.98. The Hall–Kier alpha value is -3.88. The van der Waals surface area contributed by atoms with Crippen molar-refractivity contribution in [2.24, 2.45) is 0 Å². The van der Waals surface area contributed by atoms with Crippen molar-refractivity contribution < 1.29 is 23.0 Å². The van der Waals surface area contributed by atoms with Crippen LogP contribution in [-0.2, 0) is 4.74 Å². The molecule has 0 saturated carbocycles. The molecule has 0 amide bonds. The summed E-state index contributed by atoms with van der Waals surface area (Å²) in [6, 6.07) is 14.6. The zero-order valence-corrected chi connectivity index (χ0v) is 15.8. The van der Waals surface area contributed by atoms with Crippen molar-refractivity contribution in [1.82, 2.24) is 19.6 Å². The van der Waals surface area contributed by atoms with E-state index in [4.69, 9.17) is 9.47 Å². The Balaban J connectivity index is 1.88. The zero-order chi connectivity index (χ0) is 21.1. The van der Waals surface area contributed by atoms with Crippen LogP contribution in [0.2, 0.25) is 0 Å². The molecule has 3 heterocycles. The van der Waals surface area contributed by atoms with E-state index in [0.29, 0.717) is 11.3 Å². The number of para-hydroxylation sites is 1. The molecule has 7 nitrogen and oxygen atoms in total. The number of halogens is 2. The molecule has 0 spiro atoms. The van der Waals surface area contributed by atoms with E-state index < -0.39 is 12.4 Å². The molecule has 4 rings (SSSR count). The first-order chi connectivity index (χ1) is 14.6. The Labute approximate surface area is 169 Å². The molecular formula is C21H16F2N4O3. The molecule has 0 unspecified atom stereocenters. The minimum atomic E-state index is -2.73. The lowest BCUT2D eigenvalue weighted by Crippen LogP contribution is -2.07. The second kappa shape index (κ2) is 8.24. The van der Waals surface area contributed by atoms with E-state index in [-0.39, 0.29) is 35.3 Å². The quantitative estimate of drug-likeness (QED) is 0.429. The Morgan fingerprint density at radius 2 is 1.87 bits per heavy atom. The number of esters is 1. The van der Waals surface area contributed by atoms with Crippen molar-refractivity contribution in [2.45, 2.75) is 13.3 Å². The van der Waals surface area contributed by atoms with Crippen LogP contribution in [0.1, 0.15) is 29.4 Å². The Bertz CT molecular complexity index is 1200. The number of hydrogen-bond acceptors (Lipinski definition) is 6. The van der Waals surface area contributed by atoms with Gasteiger partial charge in [-0.3, -0.25) is 0 Å². The zero-order valence-electron chi connectivity index (χ0n) is 15.8. The standard InChI is InChI=1S/C21H16F2N4O3/c1-2-29-21(28)14-11-12-27-17(14)20(30-13-7-4-3-5-8-13)25-19(26-27)16-10-6-9-15(24-16)18(22)23/h3-12,18H,2H2,1H3. The molecule has 30 heavy (non-hydrogen) atoms. The van der Waals surface area contributed by atoms with Gasteiger partial charge in [0.25, 0.3) is 6.43 Å². The number of benzene rings is 1. The van der Waals surface area contributed by atoms with Crippen LogP contribution in [0.15, 0.2) is 60.8 Å². The first-order valence-corrected chi connectivity index (χ1v) is 9.11. The highest BCUT2D eigenvalue weighted by Gasteiger charge is 2.21. The summed E-state index contributed by atoms with van der Waals surface area (Å²) in [5, 5.41) is 4.32. The summed E-state index contributed by atoms with van der Waals surface area (Å²) < 4.78 is 38.5. The molecule has 3 aromatic heterocycles. The third-order valence-electron chi connectivity index (χ3n) is 4.16. The van der Waals surface area contributed by atoms with E-state index in [9.17, 15) is 13.6 Å². The van der Waals surface area contributed by atoms with Gasteiger partial charge in [0, 0.05) is 6.20 Å². The molecule has 0 N–H and O–H groups in total. The summed E-state index contributed by atoms with van der Waals surface area (Å²) in [6.07, 6.45) is -1.18. The molecule has 0 aliphatic heterocycles. The number of rotatable bonds is 6. The summed E-state index contributed by atoms with van der Waals surface area (Å²) in [6.45, 7) is 1.90. The Kier molecular flexibility index (Phi) is 5.34. The lowest BCUT2D eigenvalue weighted by molar-refractivity contribution is 0.0528. The molecule has 1 aromatic carbocycles. The van der Waals surface area contributed by atoms with Gasteiger partial charge in [-0.1, -0.05) is 24.3 Å². The number of carbonyl (C=O) groups is 1. The topological polar surface area (TPSA) is 78.6 Å². The number of alkyl halides is 2. The predicted molar refractivity (Wildman–Crippen MR) is 104 cm³/mol. The van der Waals surface area contributed by atoms with Crippen molar-refractivity contribution >= 4 is 11.5 Å². The van der Waals surface area contributed by atoms with E-state index in [1.54, 1.807) is 37.4 Å². The van der Waals surface area contributed by atoms with Crippen molar-refractivity contribution in [3.8, 4) is 23.1 Å². The van der Waals surface area contributed by atoms with E-state index in [2.05, 4.69) is 15.1 Å². The number of aromatic nitrogens is 4. The number of pyridine rings is 1. The van der Waals surface area contributed by atoms with E-state index >= 15 is 0 Å². The van der Waals surface area contributed by atoms with Crippen LogP contribution < -0.4 is 4.74 Å². The SMILES string of the molecule is CCOC(=O)c1ccn2nc(-c3cccc(C(F)F)n3)nc(Oc3ccccc3)c12. The van der Waals surface area contributed by atoms with Crippen molar-refractivity contribution in [3.05, 3.63) is 72.1 Å². The summed E-state index contributed by atoms with van der Waals surface area (Å²) in [5.74, 6) is 0.0758. The summed E-state index contributed by atoms with van der Waals surface area (Å²) >= 11 is 0. The molecule has 0 radical (unpaired) electrons. The van der Waals surface area contributed by atoms with E-state index in [1.807, 2.05) is 6.07 Å². The summed E-state index contributed by atoms with van der Waals surface area (Å²) in [5.41, 5.74) is 0.287. The second-order valence-corrected chi connectivity index (χ2v) is 6.15. The molecule has 4 aromatic rings. The van der Waals surface area contributed by atoms with Gasteiger partial charge in [0.15, 0.2) is 0 Å². The van der Waals surface area contributed by atoms with Gasteiger partial charge >= 0.3 is 5.97 Å². The van der Waals surface area contributed by atoms with Crippen LogP contribution in [0.25, 0.3) is 17.0 Å². The van der Waals surface area contributed by atoms with Gasteiger partial charge in [0.2, 0.25) is 11.7 Å². The van der Waals surface area contributed by atoms with Crippen LogP contribution >= 0.6 is 0 Å². The third-order valence-corrected chi connectivity index (χ3v) is 4.16. The van der Waals surface area contributed by atoms with Crippen LogP contribution in [0.4, 0.5) is 8.78 Å². The fraction of sp³-hybridized carbons (Fsp3) is 0.143. The van der Waals surface area contributed by atoms with E-state index in [0.717, 1.165) is 0 Å². The smallest absolute Gasteiger partial charge is 0.340 e. The monoisotopic (exact) mass is 410 g/mol. The van der Waals surface area contributed by atoms with Crippen molar-refractivity contribution in [2.75, 3.05) is 6.61 Å². The maximum atomic E-state index is 13.1. The molecule has 0 fully saturated rings. The maximum Gasteiger partial charge on any atom is 0.340 e. The summed E-state index contributed by atoms with van der Waals surface area (Å²) in [4.78, 5) is 20.7. The van der Waals surface area contributed by atoms with Gasteiger partial charge in [0.1, 0.15) is 22.7 Å². The molecule has 0 atom stereocenters. The van der Waals surface area contributed by atoms with Gasteiger partial charge in [-0.15, -0.1) is 5.10 Å². The molecule has 0 aliphatic carbocycles. The Morgan fingerprint density at radius 1 is 1.07 bits per heavy atom. The highest BCUT2D eigenvalue weighted by atomic mass is 19.3. The van der Waals surface area contributed by atoms with Crippen LogP contribution in [0.3, 0.4) is 0 Å². The second-order valence-electron chi connectivity index (χ2n) is 6.15. The average molecular weight is 410 g/mol. The first-order valence-electron chi connectivity index (χ1n) is 9.11. The minimum absolute atomic E-state index is 0.0712. The molecule has 0 saturated heterocycles. The average Bonchev–Trinajstić information content (AvgIpc) is 3.19. The molecule has 0 aliphatic rings. The number of nitrogens with zero attached hydrogens (tertiary/aromatic N) is 4. The largest absolute Gasteiger partial charge is 0.462 e. The van der Waals surface area contributed by atoms with Crippen LogP contribution in [-0.4, -0.2) is 32.2 Å². The minimum Gasteiger partial charge on any atom is -0.462 e. The van der Waals surface area contributed by atoms with Gasteiger partial charge in [0.05, 0.1) is 12.2 Å². The van der Waals surface area contributed by atoms with Gasteiger partial charge in [-0.25, -0.2) is 23.1 Å². The van der Waals surface area contributed by atoms with Crippen LogP contribution in [0.5, 0.6) is 11.6 Å². The van der Waals surface area contributed by atoms with Crippen molar-refractivity contribution in [3.63, 3.8) is 0 Å². The maximum absolute atomic E-state index is 13.1. The van der Waals surface area contributed by atoms with Gasteiger partial charge in [-0.2, -0.15) is 4.98 Å².